The van der Waals surface area contributed by atoms with Crippen LogP contribution in [0.25, 0.3) is 10.2 Å². The number of aromatic nitrogens is 2. The van der Waals surface area contributed by atoms with Gasteiger partial charge in [0.1, 0.15) is 21.9 Å². The van der Waals surface area contributed by atoms with E-state index in [-0.39, 0.29) is 0 Å². The molecule has 5 nitrogen and oxygen atoms in total. The Morgan fingerprint density at radius 2 is 1.86 bits per heavy atom. The first-order valence-electron chi connectivity index (χ1n) is 6.79. The van der Waals surface area contributed by atoms with E-state index < -0.39 is 5.97 Å². The molecular formula is C16H15N3O2S. The van der Waals surface area contributed by atoms with Crippen LogP contribution in [0.4, 0.5) is 11.5 Å². The average Bonchev–Trinajstić information content (AvgIpc) is 2.81. The Bertz CT molecular complexity index is 866. The fourth-order valence-electron chi connectivity index (χ4n) is 2.50. The largest absolute Gasteiger partial charge is 0.477 e. The number of aromatic carboxylic acids is 1. The average molecular weight is 313 g/mol. The van der Waals surface area contributed by atoms with Gasteiger partial charge in [-0.15, -0.1) is 11.3 Å². The minimum Gasteiger partial charge on any atom is -0.477 e. The highest BCUT2D eigenvalue weighted by atomic mass is 32.1. The smallest absolute Gasteiger partial charge is 0.346 e. The van der Waals surface area contributed by atoms with Crippen LogP contribution < -0.4 is 5.32 Å². The van der Waals surface area contributed by atoms with Gasteiger partial charge in [-0.1, -0.05) is 18.2 Å². The standard InChI is InChI=1S/C16H15N3O2S/c1-8-5-4-6-9(2)12(8)19-14-11-10(3)13(16(20)21)22-15(11)18-7-17-14/h4-7H,1-3H3,(H,20,21)(H,17,18,19). The summed E-state index contributed by atoms with van der Waals surface area (Å²) < 4.78 is 0. The van der Waals surface area contributed by atoms with Crippen molar-refractivity contribution in [3.05, 3.63) is 46.1 Å². The number of nitrogens with zero attached hydrogens (tertiary/aromatic N) is 2. The van der Waals surface area contributed by atoms with Crippen molar-refractivity contribution >= 4 is 39.0 Å². The first kappa shape index (κ1) is 14.5. The van der Waals surface area contributed by atoms with Crippen molar-refractivity contribution in [1.82, 2.24) is 9.97 Å². The van der Waals surface area contributed by atoms with E-state index in [4.69, 9.17) is 0 Å². The summed E-state index contributed by atoms with van der Waals surface area (Å²) in [6.07, 6.45) is 1.46. The summed E-state index contributed by atoms with van der Waals surface area (Å²) in [7, 11) is 0. The van der Waals surface area contributed by atoms with E-state index in [1.807, 2.05) is 32.0 Å². The van der Waals surface area contributed by atoms with Crippen molar-refractivity contribution in [2.75, 3.05) is 5.32 Å². The number of nitrogens with one attached hydrogen (secondary N) is 1. The van der Waals surface area contributed by atoms with E-state index >= 15 is 0 Å². The normalized spacial score (nSPS) is 10.9. The molecule has 3 rings (SSSR count). The third-order valence-electron chi connectivity index (χ3n) is 3.65. The highest BCUT2D eigenvalue weighted by Gasteiger charge is 2.19. The van der Waals surface area contributed by atoms with Crippen LogP contribution in [0.15, 0.2) is 24.5 Å². The second kappa shape index (κ2) is 5.38. The van der Waals surface area contributed by atoms with Gasteiger partial charge < -0.3 is 10.4 Å². The van der Waals surface area contributed by atoms with Crippen molar-refractivity contribution in [3.63, 3.8) is 0 Å². The summed E-state index contributed by atoms with van der Waals surface area (Å²) in [5.41, 5.74) is 3.91. The third-order valence-corrected chi connectivity index (χ3v) is 4.83. The number of anilines is 2. The van der Waals surface area contributed by atoms with Crippen molar-refractivity contribution < 1.29 is 9.90 Å². The van der Waals surface area contributed by atoms with Gasteiger partial charge in [-0.3, -0.25) is 0 Å². The molecule has 0 fully saturated rings. The van der Waals surface area contributed by atoms with E-state index in [0.717, 1.165) is 22.2 Å². The van der Waals surface area contributed by atoms with Gasteiger partial charge >= 0.3 is 5.97 Å². The van der Waals surface area contributed by atoms with Crippen LogP contribution in [-0.4, -0.2) is 21.0 Å². The highest BCUT2D eigenvalue weighted by molar-refractivity contribution is 7.20. The Kier molecular flexibility index (Phi) is 3.54. The summed E-state index contributed by atoms with van der Waals surface area (Å²) in [5, 5.41) is 13.4. The molecule has 0 saturated heterocycles. The number of para-hydroxylation sites is 1. The molecule has 0 amide bonds. The first-order chi connectivity index (χ1) is 10.5. The topological polar surface area (TPSA) is 75.1 Å². The molecule has 2 N–H and O–H groups in total. The fraction of sp³-hybridized carbons (Fsp3) is 0.188. The van der Waals surface area contributed by atoms with Crippen molar-refractivity contribution in [3.8, 4) is 0 Å². The molecule has 0 unspecified atom stereocenters. The fourth-order valence-corrected chi connectivity index (χ4v) is 3.49. The summed E-state index contributed by atoms with van der Waals surface area (Å²) in [6.45, 7) is 5.84. The summed E-state index contributed by atoms with van der Waals surface area (Å²) >= 11 is 1.17. The van der Waals surface area contributed by atoms with Gasteiger partial charge in [-0.05, 0) is 37.5 Å². The molecule has 2 heterocycles. The summed E-state index contributed by atoms with van der Waals surface area (Å²) in [5.74, 6) is -0.290. The highest BCUT2D eigenvalue weighted by Crippen LogP contribution is 2.35. The first-order valence-corrected chi connectivity index (χ1v) is 7.61. The van der Waals surface area contributed by atoms with E-state index in [0.29, 0.717) is 21.1 Å². The SMILES string of the molecule is Cc1cccc(C)c1Nc1ncnc2sc(C(=O)O)c(C)c12. The minimum absolute atomic E-state index is 0.306. The monoisotopic (exact) mass is 313 g/mol. The number of hydrogen-bond donors (Lipinski definition) is 2. The lowest BCUT2D eigenvalue weighted by Crippen LogP contribution is -2.00. The molecule has 0 radical (unpaired) electrons. The molecule has 0 saturated carbocycles. The van der Waals surface area contributed by atoms with Crippen LogP contribution in [0.5, 0.6) is 0 Å². The zero-order chi connectivity index (χ0) is 15.9. The van der Waals surface area contributed by atoms with Crippen molar-refractivity contribution in [2.45, 2.75) is 20.8 Å². The Hall–Kier alpha value is -2.47. The molecule has 0 aliphatic carbocycles. The van der Waals surface area contributed by atoms with Crippen LogP contribution in [0.2, 0.25) is 0 Å². The number of carboxylic acids is 1. The lowest BCUT2D eigenvalue weighted by atomic mass is 10.1. The molecule has 1 aromatic carbocycles. The number of hydrogen-bond acceptors (Lipinski definition) is 5. The summed E-state index contributed by atoms with van der Waals surface area (Å²) in [6, 6.07) is 6.05. The lowest BCUT2D eigenvalue weighted by molar-refractivity contribution is 0.0701. The van der Waals surface area contributed by atoms with E-state index in [1.54, 1.807) is 6.92 Å². The van der Waals surface area contributed by atoms with Gasteiger partial charge in [-0.25, -0.2) is 14.8 Å². The molecule has 2 aromatic heterocycles. The number of aryl methyl sites for hydroxylation is 3. The predicted molar refractivity (Wildman–Crippen MR) is 88.3 cm³/mol. The maximum absolute atomic E-state index is 11.3. The molecule has 6 heteroatoms. The second-order valence-electron chi connectivity index (χ2n) is 5.16. The van der Waals surface area contributed by atoms with E-state index in [2.05, 4.69) is 15.3 Å². The maximum Gasteiger partial charge on any atom is 0.346 e. The Morgan fingerprint density at radius 3 is 2.50 bits per heavy atom. The Labute approximate surface area is 131 Å². The van der Waals surface area contributed by atoms with Crippen molar-refractivity contribution in [2.24, 2.45) is 0 Å². The van der Waals surface area contributed by atoms with Gasteiger partial charge in [0.2, 0.25) is 0 Å². The molecule has 0 bridgehead atoms. The zero-order valence-corrected chi connectivity index (χ0v) is 13.3. The number of fused-ring (bicyclic) bond motifs is 1. The van der Waals surface area contributed by atoms with E-state index in [1.165, 1.54) is 17.7 Å². The van der Waals surface area contributed by atoms with Gasteiger partial charge in [0.15, 0.2) is 0 Å². The number of rotatable bonds is 3. The quantitative estimate of drug-likeness (QED) is 0.762. The second-order valence-corrected chi connectivity index (χ2v) is 6.15. The van der Waals surface area contributed by atoms with E-state index in [9.17, 15) is 9.90 Å². The summed E-state index contributed by atoms with van der Waals surface area (Å²) in [4.78, 5) is 20.8. The van der Waals surface area contributed by atoms with Crippen LogP contribution in [-0.2, 0) is 0 Å². The molecule has 22 heavy (non-hydrogen) atoms. The van der Waals surface area contributed by atoms with Crippen LogP contribution >= 0.6 is 11.3 Å². The molecule has 0 spiro atoms. The zero-order valence-electron chi connectivity index (χ0n) is 12.5. The molecular weight excluding hydrogens is 298 g/mol. The van der Waals surface area contributed by atoms with Crippen LogP contribution in [0.1, 0.15) is 26.4 Å². The van der Waals surface area contributed by atoms with Crippen LogP contribution in [0.3, 0.4) is 0 Å². The Balaban J connectivity index is 2.18. The van der Waals surface area contributed by atoms with Gasteiger partial charge in [0, 0.05) is 5.69 Å². The molecule has 0 aliphatic rings. The van der Waals surface area contributed by atoms with Gasteiger partial charge in [0.25, 0.3) is 0 Å². The number of carboxylic acid groups (broad SMARTS) is 1. The van der Waals surface area contributed by atoms with Gasteiger partial charge in [0.05, 0.1) is 5.39 Å². The number of benzene rings is 1. The third kappa shape index (κ3) is 2.31. The number of carbonyl (C=O) groups is 1. The lowest BCUT2D eigenvalue weighted by Gasteiger charge is -2.12. The maximum atomic E-state index is 11.3. The van der Waals surface area contributed by atoms with Crippen molar-refractivity contribution in [1.29, 1.82) is 0 Å². The van der Waals surface area contributed by atoms with Crippen LogP contribution in [0, 0.1) is 20.8 Å². The molecule has 3 aromatic rings. The molecule has 112 valence electrons. The molecule has 0 atom stereocenters. The predicted octanol–water partition coefficient (Wildman–Crippen LogP) is 4.06. The molecule has 0 aliphatic heterocycles. The minimum atomic E-state index is -0.932. The van der Waals surface area contributed by atoms with Gasteiger partial charge in [-0.2, -0.15) is 0 Å². The Morgan fingerprint density at radius 1 is 1.18 bits per heavy atom. The number of thiophene rings is 1.